The van der Waals surface area contributed by atoms with Gasteiger partial charge in [0.15, 0.2) is 0 Å². The second-order valence-corrected chi connectivity index (χ2v) is 7.43. The minimum absolute atomic E-state index is 0.634. The number of hydrogen-bond acceptors (Lipinski definition) is 6. The number of benzene rings is 1. The molecule has 158 valence electrons. The smallest absolute Gasteiger partial charge is 0.147 e. The van der Waals surface area contributed by atoms with Crippen LogP contribution in [0.5, 0.6) is 0 Å². The molecule has 8 heteroatoms. The predicted molar refractivity (Wildman–Crippen MR) is 121 cm³/mol. The molecule has 8 nitrogen and oxygen atoms in total. The highest BCUT2D eigenvalue weighted by Crippen LogP contribution is 2.29. The summed E-state index contributed by atoms with van der Waals surface area (Å²) in [5, 5.41) is 9.08. The van der Waals surface area contributed by atoms with Crippen molar-refractivity contribution in [2.45, 2.75) is 26.8 Å². The van der Waals surface area contributed by atoms with Gasteiger partial charge in [-0.2, -0.15) is 10.2 Å². The van der Waals surface area contributed by atoms with Crippen molar-refractivity contribution in [2.75, 3.05) is 0 Å². The molecule has 0 bridgehead atoms. The van der Waals surface area contributed by atoms with E-state index in [9.17, 15) is 0 Å². The molecule has 0 radical (unpaired) electrons. The zero-order valence-electron chi connectivity index (χ0n) is 17.9. The van der Waals surface area contributed by atoms with Gasteiger partial charge in [0.05, 0.1) is 11.4 Å². The van der Waals surface area contributed by atoms with Crippen LogP contribution >= 0.6 is 0 Å². The summed E-state index contributed by atoms with van der Waals surface area (Å²) in [5.74, 6) is 1.50. The topological polar surface area (TPSA) is 87.2 Å². The third-order valence-corrected chi connectivity index (χ3v) is 5.17. The van der Waals surface area contributed by atoms with Crippen molar-refractivity contribution in [3.8, 4) is 28.2 Å². The van der Waals surface area contributed by atoms with Gasteiger partial charge in [0, 0.05) is 48.9 Å². The molecular weight excluding hydrogens is 400 g/mol. The molecule has 4 aromatic heterocycles. The number of aryl methyl sites for hydroxylation is 2. The van der Waals surface area contributed by atoms with Gasteiger partial charge < -0.3 is 0 Å². The number of hydrogen-bond donors (Lipinski definition) is 0. The van der Waals surface area contributed by atoms with Gasteiger partial charge in [-0.1, -0.05) is 12.1 Å². The van der Waals surface area contributed by atoms with E-state index in [1.165, 1.54) is 0 Å². The highest BCUT2D eigenvalue weighted by atomic mass is 15.3. The van der Waals surface area contributed by atoms with E-state index >= 15 is 0 Å². The minimum Gasteiger partial charge on any atom is -0.272 e. The lowest BCUT2D eigenvalue weighted by molar-refractivity contribution is 0.662. The molecular formula is C24H22N8. The van der Waals surface area contributed by atoms with E-state index in [1.807, 2.05) is 54.3 Å². The average molecular weight is 422 g/mol. The van der Waals surface area contributed by atoms with Gasteiger partial charge >= 0.3 is 0 Å². The molecule has 5 rings (SSSR count). The zero-order valence-corrected chi connectivity index (χ0v) is 17.9. The van der Waals surface area contributed by atoms with Gasteiger partial charge in [0.1, 0.15) is 23.7 Å². The van der Waals surface area contributed by atoms with E-state index in [4.69, 9.17) is 10.1 Å². The van der Waals surface area contributed by atoms with Crippen molar-refractivity contribution in [1.82, 2.24) is 39.5 Å². The molecule has 5 aromatic rings. The Kier molecular flexibility index (Phi) is 5.25. The lowest BCUT2D eigenvalue weighted by Crippen LogP contribution is -1.99. The quantitative estimate of drug-likeness (QED) is 0.412. The van der Waals surface area contributed by atoms with Gasteiger partial charge in [0.2, 0.25) is 0 Å². The minimum atomic E-state index is 0.634. The van der Waals surface area contributed by atoms with Crippen LogP contribution in [0.4, 0.5) is 0 Å². The molecule has 0 aliphatic carbocycles. The fourth-order valence-corrected chi connectivity index (χ4v) is 3.54. The first kappa shape index (κ1) is 19.7. The van der Waals surface area contributed by atoms with Crippen LogP contribution in [-0.2, 0) is 13.0 Å². The Balaban J connectivity index is 1.43. The Labute approximate surface area is 185 Å². The van der Waals surface area contributed by atoms with Crippen LogP contribution < -0.4 is 0 Å². The standard InChI is InChI=1S/C24H22N8/c1-3-31-15-21(24(30-31)19-5-4-11-25-14-19)22-10-12-26-23(28-22)13-18-6-8-20(9-7-18)32-16-27-17(2)29-32/h4-12,14-16H,3,13H2,1-2H3. The van der Waals surface area contributed by atoms with Crippen molar-refractivity contribution in [2.24, 2.45) is 0 Å². The summed E-state index contributed by atoms with van der Waals surface area (Å²) >= 11 is 0. The molecule has 1 aromatic carbocycles. The van der Waals surface area contributed by atoms with Crippen LogP contribution in [0, 0.1) is 6.92 Å². The fourth-order valence-electron chi connectivity index (χ4n) is 3.54. The summed E-state index contributed by atoms with van der Waals surface area (Å²) in [6.45, 7) is 4.72. The summed E-state index contributed by atoms with van der Waals surface area (Å²) in [6.07, 6.45) is 9.77. The zero-order chi connectivity index (χ0) is 21.9. The van der Waals surface area contributed by atoms with Crippen molar-refractivity contribution in [3.63, 3.8) is 0 Å². The summed E-state index contributed by atoms with van der Waals surface area (Å²) in [6, 6.07) is 14.0. The summed E-state index contributed by atoms with van der Waals surface area (Å²) in [4.78, 5) is 17.8. The maximum Gasteiger partial charge on any atom is 0.147 e. The molecule has 0 fully saturated rings. The molecule has 32 heavy (non-hydrogen) atoms. The maximum atomic E-state index is 4.84. The fraction of sp³-hybridized carbons (Fsp3) is 0.167. The van der Waals surface area contributed by atoms with Gasteiger partial charge in [-0.3, -0.25) is 9.67 Å². The molecule has 0 N–H and O–H groups in total. The van der Waals surface area contributed by atoms with Crippen molar-refractivity contribution < 1.29 is 0 Å². The first-order valence-corrected chi connectivity index (χ1v) is 10.5. The molecule has 0 saturated heterocycles. The van der Waals surface area contributed by atoms with Crippen molar-refractivity contribution in [1.29, 1.82) is 0 Å². The van der Waals surface area contributed by atoms with Crippen LogP contribution in [-0.4, -0.2) is 39.5 Å². The van der Waals surface area contributed by atoms with E-state index in [1.54, 1.807) is 23.4 Å². The van der Waals surface area contributed by atoms with Gasteiger partial charge in [-0.25, -0.2) is 19.6 Å². The Bertz CT molecular complexity index is 1340. The molecule has 0 aliphatic rings. The lowest BCUT2D eigenvalue weighted by Gasteiger charge is -2.06. The van der Waals surface area contributed by atoms with Gasteiger partial charge in [-0.15, -0.1) is 0 Å². The molecule has 0 atom stereocenters. The monoisotopic (exact) mass is 422 g/mol. The largest absolute Gasteiger partial charge is 0.272 e. The molecule has 0 aliphatic heterocycles. The third kappa shape index (κ3) is 4.02. The lowest BCUT2D eigenvalue weighted by atomic mass is 10.1. The van der Waals surface area contributed by atoms with Crippen molar-refractivity contribution in [3.05, 3.63) is 90.8 Å². The SMILES string of the molecule is CCn1cc(-c2ccnc(Cc3ccc(-n4cnc(C)n4)cc3)n2)c(-c2cccnc2)n1. The third-order valence-electron chi connectivity index (χ3n) is 5.17. The van der Waals surface area contributed by atoms with Gasteiger partial charge in [-0.05, 0) is 49.7 Å². The maximum absolute atomic E-state index is 4.84. The normalized spacial score (nSPS) is 11.1. The van der Waals surface area contributed by atoms with Crippen LogP contribution in [0.15, 0.2) is 73.6 Å². The number of nitrogens with zero attached hydrogens (tertiary/aromatic N) is 8. The molecule has 0 spiro atoms. The molecule has 4 heterocycles. The first-order valence-electron chi connectivity index (χ1n) is 10.5. The Morgan fingerprint density at radius 3 is 2.53 bits per heavy atom. The predicted octanol–water partition coefficient (Wildman–Crippen LogP) is 3.90. The molecule has 0 saturated carbocycles. The van der Waals surface area contributed by atoms with Crippen LogP contribution in [0.2, 0.25) is 0 Å². The van der Waals surface area contributed by atoms with Crippen LogP contribution in [0.25, 0.3) is 28.2 Å². The van der Waals surface area contributed by atoms with Gasteiger partial charge in [0.25, 0.3) is 0 Å². The highest BCUT2D eigenvalue weighted by molar-refractivity contribution is 5.78. The summed E-state index contributed by atoms with van der Waals surface area (Å²) < 4.78 is 3.69. The van der Waals surface area contributed by atoms with Crippen LogP contribution in [0.3, 0.4) is 0 Å². The number of pyridine rings is 1. The number of aromatic nitrogens is 8. The van der Waals surface area contributed by atoms with E-state index in [-0.39, 0.29) is 0 Å². The van der Waals surface area contributed by atoms with E-state index in [0.717, 1.165) is 52.0 Å². The second-order valence-electron chi connectivity index (χ2n) is 7.43. The second kappa shape index (κ2) is 8.50. The Morgan fingerprint density at radius 2 is 1.81 bits per heavy atom. The Morgan fingerprint density at radius 1 is 0.938 bits per heavy atom. The average Bonchev–Trinajstić information content (AvgIpc) is 3.47. The highest BCUT2D eigenvalue weighted by Gasteiger charge is 2.15. The molecule has 0 amide bonds. The first-order chi connectivity index (χ1) is 15.7. The molecule has 0 unspecified atom stereocenters. The Hall–Kier alpha value is -4.20. The van der Waals surface area contributed by atoms with Crippen molar-refractivity contribution >= 4 is 0 Å². The van der Waals surface area contributed by atoms with E-state index in [2.05, 4.69) is 39.1 Å². The van der Waals surface area contributed by atoms with E-state index in [0.29, 0.717) is 6.42 Å². The summed E-state index contributed by atoms with van der Waals surface area (Å²) in [7, 11) is 0. The summed E-state index contributed by atoms with van der Waals surface area (Å²) in [5.41, 5.74) is 5.76. The number of rotatable bonds is 6. The van der Waals surface area contributed by atoms with Crippen LogP contribution in [0.1, 0.15) is 24.1 Å². The van der Waals surface area contributed by atoms with E-state index < -0.39 is 0 Å².